The van der Waals surface area contributed by atoms with E-state index in [0.717, 1.165) is 16.0 Å². The molecule has 0 N–H and O–H groups in total. The molecular weight excluding hydrogens is 308 g/mol. The standard InChI is InChI=1S/C18H20N2O4/c1-18(2,3)24-17(22)20(16(21)23-4)15-9-7-13(8-10-15)14-6-5-11-19-12-14/h5-12H,1-4H3. The molecule has 0 bridgehead atoms. The van der Waals surface area contributed by atoms with Crippen molar-refractivity contribution in [1.29, 1.82) is 0 Å². The molecule has 0 saturated carbocycles. The summed E-state index contributed by atoms with van der Waals surface area (Å²) in [6.07, 6.45) is 1.84. The van der Waals surface area contributed by atoms with Gasteiger partial charge in [0.15, 0.2) is 0 Å². The fourth-order valence-electron chi connectivity index (χ4n) is 2.02. The number of hydrogen-bond donors (Lipinski definition) is 0. The third-order valence-corrected chi connectivity index (χ3v) is 3.05. The number of amides is 2. The van der Waals surface area contributed by atoms with Gasteiger partial charge < -0.3 is 9.47 Å². The van der Waals surface area contributed by atoms with E-state index in [1.165, 1.54) is 7.11 Å². The average Bonchev–Trinajstić information content (AvgIpc) is 2.54. The molecule has 0 fully saturated rings. The Morgan fingerprint density at radius 3 is 2.17 bits per heavy atom. The molecule has 1 aromatic heterocycles. The van der Waals surface area contributed by atoms with Crippen LogP contribution in [0.4, 0.5) is 15.3 Å². The molecule has 0 aliphatic carbocycles. The van der Waals surface area contributed by atoms with E-state index in [0.29, 0.717) is 5.69 Å². The number of benzene rings is 1. The zero-order valence-electron chi connectivity index (χ0n) is 14.1. The van der Waals surface area contributed by atoms with Crippen molar-refractivity contribution in [2.75, 3.05) is 12.0 Å². The number of pyridine rings is 1. The van der Waals surface area contributed by atoms with Gasteiger partial charge in [0.1, 0.15) is 5.60 Å². The van der Waals surface area contributed by atoms with Gasteiger partial charge in [-0.3, -0.25) is 4.98 Å². The molecule has 2 amide bonds. The highest BCUT2D eigenvalue weighted by Gasteiger charge is 2.29. The molecular formula is C18H20N2O4. The van der Waals surface area contributed by atoms with E-state index >= 15 is 0 Å². The van der Waals surface area contributed by atoms with Crippen LogP contribution in [0.25, 0.3) is 11.1 Å². The number of methoxy groups -OCH3 is 1. The quantitative estimate of drug-likeness (QED) is 0.824. The molecule has 6 heteroatoms. The number of hydrogen-bond acceptors (Lipinski definition) is 5. The van der Waals surface area contributed by atoms with Crippen molar-refractivity contribution in [3.8, 4) is 11.1 Å². The Morgan fingerprint density at radius 1 is 1.00 bits per heavy atom. The summed E-state index contributed by atoms with van der Waals surface area (Å²) in [7, 11) is 1.21. The average molecular weight is 328 g/mol. The third kappa shape index (κ3) is 4.32. The van der Waals surface area contributed by atoms with Gasteiger partial charge in [-0.05, 0) is 50.1 Å². The van der Waals surface area contributed by atoms with Crippen LogP contribution >= 0.6 is 0 Å². The predicted molar refractivity (Wildman–Crippen MR) is 90.8 cm³/mol. The van der Waals surface area contributed by atoms with Gasteiger partial charge in [-0.2, -0.15) is 4.90 Å². The molecule has 1 heterocycles. The Bertz CT molecular complexity index is 706. The largest absolute Gasteiger partial charge is 0.452 e. The van der Waals surface area contributed by atoms with Crippen molar-refractivity contribution < 1.29 is 19.1 Å². The monoisotopic (exact) mass is 328 g/mol. The summed E-state index contributed by atoms with van der Waals surface area (Å²) in [5, 5.41) is 0. The SMILES string of the molecule is COC(=O)N(C(=O)OC(C)(C)C)c1ccc(-c2cccnc2)cc1. The van der Waals surface area contributed by atoms with Gasteiger partial charge in [-0.25, -0.2) is 9.59 Å². The Balaban J connectivity index is 2.30. The van der Waals surface area contributed by atoms with Crippen molar-refractivity contribution >= 4 is 17.9 Å². The zero-order valence-corrected chi connectivity index (χ0v) is 14.1. The van der Waals surface area contributed by atoms with E-state index in [2.05, 4.69) is 4.98 Å². The Kier molecular flexibility index (Phi) is 5.18. The maximum absolute atomic E-state index is 12.3. The Hall–Kier alpha value is -2.89. The second-order valence-electron chi connectivity index (χ2n) is 6.07. The number of anilines is 1. The maximum atomic E-state index is 12.3. The van der Waals surface area contributed by atoms with E-state index in [9.17, 15) is 9.59 Å². The summed E-state index contributed by atoms with van der Waals surface area (Å²) in [5.74, 6) is 0. The fraction of sp³-hybridized carbons (Fsp3) is 0.278. The Labute approximate surface area is 141 Å². The third-order valence-electron chi connectivity index (χ3n) is 3.05. The summed E-state index contributed by atoms with van der Waals surface area (Å²) >= 11 is 0. The summed E-state index contributed by atoms with van der Waals surface area (Å²) in [6.45, 7) is 5.18. The van der Waals surface area contributed by atoms with Gasteiger partial charge in [-0.15, -0.1) is 0 Å². The van der Waals surface area contributed by atoms with Crippen LogP contribution < -0.4 is 4.90 Å². The first kappa shape index (κ1) is 17.5. The Morgan fingerprint density at radius 2 is 1.67 bits per heavy atom. The van der Waals surface area contributed by atoms with Gasteiger partial charge in [0.25, 0.3) is 0 Å². The summed E-state index contributed by atoms with van der Waals surface area (Å²) in [4.78, 5) is 29.2. The molecule has 0 saturated heterocycles. The van der Waals surface area contributed by atoms with Crippen LogP contribution in [0.5, 0.6) is 0 Å². The summed E-state index contributed by atoms with van der Waals surface area (Å²) < 4.78 is 9.96. The first-order valence-electron chi connectivity index (χ1n) is 7.43. The van der Waals surface area contributed by atoms with Gasteiger partial charge >= 0.3 is 12.2 Å². The fourth-order valence-corrected chi connectivity index (χ4v) is 2.02. The summed E-state index contributed by atoms with van der Waals surface area (Å²) in [6, 6.07) is 10.7. The van der Waals surface area contributed by atoms with Gasteiger partial charge in [0, 0.05) is 12.4 Å². The van der Waals surface area contributed by atoms with Gasteiger partial charge in [-0.1, -0.05) is 18.2 Å². The topological polar surface area (TPSA) is 68.7 Å². The molecule has 0 unspecified atom stereocenters. The van der Waals surface area contributed by atoms with Crippen LogP contribution in [-0.2, 0) is 9.47 Å². The van der Waals surface area contributed by atoms with E-state index in [4.69, 9.17) is 9.47 Å². The van der Waals surface area contributed by atoms with E-state index in [1.807, 2.05) is 12.1 Å². The smallest absolute Gasteiger partial charge is 0.424 e. The molecule has 0 aliphatic rings. The molecule has 24 heavy (non-hydrogen) atoms. The lowest BCUT2D eigenvalue weighted by atomic mass is 10.1. The second kappa shape index (κ2) is 7.12. The number of carbonyl (C=O) groups excluding carboxylic acids is 2. The highest BCUT2D eigenvalue weighted by atomic mass is 16.6. The van der Waals surface area contributed by atoms with Gasteiger partial charge in [0.05, 0.1) is 12.8 Å². The molecule has 0 radical (unpaired) electrons. The van der Waals surface area contributed by atoms with Crippen LogP contribution in [0.3, 0.4) is 0 Å². The van der Waals surface area contributed by atoms with Crippen LogP contribution in [0.15, 0.2) is 48.8 Å². The van der Waals surface area contributed by atoms with Crippen molar-refractivity contribution in [1.82, 2.24) is 4.98 Å². The summed E-state index contributed by atoms with van der Waals surface area (Å²) in [5.41, 5.74) is 1.49. The lowest BCUT2D eigenvalue weighted by Gasteiger charge is -2.25. The lowest BCUT2D eigenvalue weighted by Crippen LogP contribution is -2.41. The highest BCUT2D eigenvalue weighted by molar-refractivity contribution is 6.09. The zero-order chi connectivity index (χ0) is 17.7. The molecule has 1 aromatic carbocycles. The van der Waals surface area contributed by atoms with Gasteiger partial charge in [0.2, 0.25) is 0 Å². The first-order chi connectivity index (χ1) is 11.3. The number of rotatable bonds is 2. The minimum absolute atomic E-state index is 0.365. The van der Waals surface area contributed by atoms with Crippen molar-refractivity contribution in [3.05, 3.63) is 48.8 Å². The minimum Gasteiger partial charge on any atom is -0.452 e. The highest BCUT2D eigenvalue weighted by Crippen LogP contribution is 2.24. The van der Waals surface area contributed by atoms with Crippen LogP contribution in [0, 0.1) is 0 Å². The van der Waals surface area contributed by atoms with Crippen LogP contribution in [0.1, 0.15) is 20.8 Å². The van der Waals surface area contributed by atoms with Crippen molar-refractivity contribution in [2.24, 2.45) is 0 Å². The molecule has 2 rings (SSSR count). The molecule has 126 valence electrons. The normalized spacial score (nSPS) is 10.8. The van der Waals surface area contributed by atoms with Crippen LogP contribution in [-0.4, -0.2) is 29.9 Å². The molecule has 0 atom stereocenters. The second-order valence-corrected chi connectivity index (χ2v) is 6.07. The molecule has 2 aromatic rings. The molecule has 0 spiro atoms. The van der Waals surface area contributed by atoms with Crippen molar-refractivity contribution in [2.45, 2.75) is 26.4 Å². The van der Waals surface area contributed by atoms with E-state index < -0.39 is 17.8 Å². The number of aromatic nitrogens is 1. The number of ether oxygens (including phenoxy) is 2. The number of nitrogens with zero attached hydrogens (tertiary/aromatic N) is 2. The van der Waals surface area contributed by atoms with E-state index in [-0.39, 0.29) is 0 Å². The first-order valence-corrected chi connectivity index (χ1v) is 7.43. The van der Waals surface area contributed by atoms with Crippen LogP contribution in [0.2, 0.25) is 0 Å². The lowest BCUT2D eigenvalue weighted by molar-refractivity contribution is 0.0575. The molecule has 0 aliphatic heterocycles. The minimum atomic E-state index is -0.807. The number of carbonyl (C=O) groups is 2. The maximum Gasteiger partial charge on any atom is 0.424 e. The van der Waals surface area contributed by atoms with Crippen molar-refractivity contribution in [3.63, 3.8) is 0 Å². The van der Waals surface area contributed by atoms with E-state index in [1.54, 1.807) is 57.4 Å². The number of imide groups is 1. The molecule has 6 nitrogen and oxygen atoms in total. The predicted octanol–water partition coefficient (Wildman–Crippen LogP) is 4.26.